The van der Waals surface area contributed by atoms with E-state index in [2.05, 4.69) is 77.4 Å². The van der Waals surface area contributed by atoms with Crippen LogP contribution in [0.15, 0.2) is 133 Å². The molecule has 0 aliphatic carbocycles. The fourth-order valence-electron chi connectivity index (χ4n) is 6.16. The van der Waals surface area contributed by atoms with Crippen molar-refractivity contribution < 1.29 is 0 Å². The Morgan fingerprint density at radius 2 is 1.07 bits per heavy atom. The number of hydrogen-bond acceptors (Lipinski definition) is 4. The first-order valence-electron chi connectivity index (χ1n) is 14.0. The van der Waals surface area contributed by atoms with Gasteiger partial charge >= 0.3 is 0 Å². The number of fused-ring (bicyclic) bond motifs is 9. The van der Waals surface area contributed by atoms with Crippen LogP contribution in [0.3, 0.4) is 0 Å². The van der Waals surface area contributed by atoms with Gasteiger partial charge in [0, 0.05) is 47.5 Å². The molecule has 0 unspecified atom stereocenters. The zero-order valence-corrected chi connectivity index (χ0v) is 23.2. The predicted octanol–water partition coefficient (Wildman–Crippen LogP) is 9.82. The van der Waals surface area contributed by atoms with Crippen LogP contribution in [0.5, 0.6) is 0 Å². The van der Waals surface area contributed by atoms with Crippen molar-refractivity contribution in [2.24, 2.45) is 0 Å². The molecule has 0 saturated carbocycles. The Kier molecular flexibility index (Phi) is 5.03. The van der Waals surface area contributed by atoms with E-state index in [1.165, 1.54) is 41.7 Å². The summed E-state index contributed by atoms with van der Waals surface area (Å²) in [6.07, 6.45) is 0. The van der Waals surface area contributed by atoms with Gasteiger partial charge in [-0.15, -0.1) is 11.3 Å². The number of hydrogen-bond donors (Lipinski definition) is 0. The summed E-state index contributed by atoms with van der Waals surface area (Å²) in [4.78, 5) is 15.1. The minimum Gasteiger partial charge on any atom is -0.278 e. The van der Waals surface area contributed by atoms with Gasteiger partial charge in [0.25, 0.3) is 0 Å². The molecule has 0 radical (unpaired) electrons. The standard InChI is InChI=1S/C37H22N4S/c1-3-11-24(12-4-1)35-38-36(25-13-5-2-6-14-25)40-37(39-35)41-29-17-9-7-16-28(29)33-30(41)22-20-23-19-21-27-26-15-8-10-18-31(26)42-34(27)32(23)33/h1-22H. The lowest BCUT2D eigenvalue weighted by atomic mass is 10.0. The lowest BCUT2D eigenvalue weighted by molar-refractivity contribution is 0.953. The van der Waals surface area contributed by atoms with E-state index in [9.17, 15) is 0 Å². The summed E-state index contributed by atoms with van der Waals surface area (Å²) in [5.41, 5.74) is 4.06. The van der Waals surface area contributed by atoms with Crippen LogP contribution >= 0.6 is 11.3 Å². The molecule has 42 heavy (non-hydrogen) atoms. The maximum Gasteiger partial charge on any atom is 0.238 e. The maximum atomic E-state index is 5.09. The van der Waals surface area contributed by atoms with Crippen LogP contribution in [0, 0.1) is 0 Å². The molecular weight excluding hydrogens is 533 g/mol. The van der Waals surface area contributed by atoms with Crippen LogP contribution in [-0.4, -0.2) is 19.5 Å². The summed E-state index contributed by atoms with van der Waals surface area (Å²) in [7, 11) is 0. The summed E-state index contributed by atoms with van der Waals surface area (Å²) < 4.78 is 4.82. The highest BCUT2D eigenvalue weighted by atomic mass is 32.1. The van der Waals surface area contributed by atoms with Gasteiger partial charge in [0.05, 0.1) is 11.0 Å². The van der Waals surface area contributed by atoms with E-state index in [1.807, 2.05) is 72.0 Å². The molecule has 196 valence electrons. The lowest BCUT2D eigenvalue weighted by Crippen LogP contribution is -2.06. The molecule has 0 atom stereocenters. The van der Waals surface area contributed by atoms with Gasteiger partial charge in [-0.1, -0.05) is 115 Å². The summed E-state index contributed by atoms with van der Waals surface area (Å²) in [6, 6.07) is 46.5. The Bertz CT molecular complexity index is 2400. The number of benzene rings is 6. The minimum atomic E-state index is 0.608. The zero-order valence-electron chi connectivity index (χ0n) is 22.4. The van der Waals surface area contributed by atoms with Crippen LogP contribution < -0.4 is 0 Å². The van der Waals surface area contributed by atoms with Gasteiger partial charge in [-0.25, -0.2) is 4.98 Å². The summed E-state index contributed by atoms with van der Waals surface area (Å²) in [5.74, 6) is 1.91. The molecule has 0 fully saturated rings. The van der Waals surface area contributed by atoms with Gasteiger partial charge in [0.15, 0.2) is 11.6 Å². The largest absolute Gasteiger partial charge is 0.278 e. The third-order valence-electron chi connectivity index (χ3n) is 8.05. The van der Waals surface area contributed by atoms with Crippen molar-refractivity contribution >= 4 is 64.1 Å². The monoisotopic (exact) mass is 554 g/mol. The number of para-hydroxylation sites is 1. The van der Waals surface area contributed by atoms with Crippen LogP contribution in [0.4, 0.5) is 0 Å². The molecule has 4 nitrogen and oxygen atoms in total. The Hall–Kier alpha value is -5.39. The zero-order chi connectivity index (χ0) is 27.6. The van der Waals surface area contributed by atoms with E-state index < -0.39 is 0 Å². The quantitative estimate of drug-likeness (QED) is 0.218. The van der Waals surface area contributed by atoms with E-state index in [1.54, 1.807) is 0 Å². The summed E-state index contributed by atoms with van der Waals surface area (Å²) >= 11 is 1.87. The van der Waals surface area contributed by atoms with E-state index in [0.717, 1.165) is 22.2 Å². The van der Waals surface area contributed by atoms with Gasteiger partial charge in [-0.3, -0.25) is 4.57 Å². The van der Waals surface area contributed by atoms with E-state index >= 15 is 0 Å². The molecule has 0 spiro atoms. The first kappa shape index (κ1) is 23.3. The minimum absolute atomic E-state index is 0.608. The smallest absolute Gasteiger partial charge is 0.238 e. The first-order valence-corrected chi connectivity index (χ1v) is 14.8. The third-order valence-corrected chi connectivity index (χ3v) is 9.25. The highest BCUT2D eigenvalue weighted by molar-refractivity contribution is 7.26. The predicted molar refractivity (Wildman–Crippen MR) is 175 cm³/mol. The third kappa shape index (κ3) is 3.44. The molecule has 0 aliphatic rings. The van der Waals surface area contributed by atoms with Gasteiger partial charge in [-0.2, -0.15) is 9.97 Å². The van der Waals surface area contributed by atoms with Crippen molar-refractivity contribution in [3.63, 3.8) is 0 Å². The topological polar surface area (TPSA) is 43.6 Å². The molecule has 3 aromatic heterocycles. The summed E-state index contributed by atoms with van der Waals surface area (Å²) in [5, 5.41) is 7.52. The van der Waals surface area contributed by atoms with Crippen molar-refractivity contribution in [2.75, 3.05) is 0 Å². The fourth-order valence-corrected chi connectivity index (χ4v) is 7.43. The van der Waals surface area contributed by atoms with Crippen molar-refractivity contribution in [1.82, 2.24) is 19.5 Å². The van der Waals surface area contributed by atoms with E-state index in [0.29, 0.717) is 17.6 Å². The fraction of sp³-hybridized carbons (Fsp3) is 0. The van der Waals surface area contributed by atoms with Crippen molar-refractivity contribution in [1.29, 1.82) is 0 Å². The van der Waals surface area contributed by atoms with Gasteiger partial charge in [-0.05, 0) is 23.6 Å². The molecule has 5 heteroatoms. The number of thiophene rings is 1. The Morgan fingerprint density at radius 1 is 0.452 bits per heavy atom. The molecule has 6 aromatic carbocycles. The average molecular weight is 555 g/mol. The highest BCUT2D eigenvalue weighted by Crippen LogP contribution is 2.44. The Balaban J connectivity index is 1.42. The number of aromatic nitrogens is 4. The van der Waals surface area contributed by atoms with Gasteiger partial charge in [0.2, 0.25) is 5.95 Å². The number of rotatable bonds is 3. The average Bonchev–Trinajstić information content (AvgIpc) is 3.61. The van der Waals surface area contributed by atoms with Crippen molar-refractivity contribution in [2.45, 2.75) is 0 Å². The first-order chi connectivity index (χ1) is 20.8. The lowest BCUT2D eigenvalue weighted by Gasteiger charge is -2.11. The molecular formula is C37H22N4S. The molecule has 0 amide bonds. The second-order valence-corrected chi connectivity index (χ2v) is 11.5. The van der Waals surface area contributed by atoms with Gasteiger partial charge in [0.1, 0.15) is 0 Å². The molecule has 3 heterocycles. The van der Waals surface area contributed by atoms with E-state index in [-0.39, 0.29) is 0 Å². The molecule has 0 saturated heterocycles. The van der Waals surface area contributed by atoms with Crippen LogP contribution in [0.1, 0.15) is 0 Å². The summed E-state index contributed by atoms with van der Waals surface area (Å²) in [6.45, 7) is 0. The second-order valence-electron chi connectivity index (χ2n) is 10.5. The Morgan fingerprint density at radius 3 is 1.81 bits per heavy atom. The van der Waals surface area contributed by atoms with Crippen molar-refractivity contribution in [3.05, 3.63) is 133 Å². The maximum absolute atomic E-state index is 5.09. The molecule has 0 aliphatic heterocycles. The highest BCUT2D eigenvalue weighted by Gasteiger charge is 2.20. The molecule has 0 bridgehead atoms. The molecule has 9 aromatic rings. The van der Waals surface area contributed by atoms with Crippen LogP contribution in [0.2, 0.25) is 0 Å². The van der Waals surface area contributed by atoms with Crippen LogP contribution in [-0.2, 0) is 0 Å². The Labute approximate surface area is 245 Å². The normalized spacial score (nSPS) is 11.8. The van der Waals surface area contributed by atoms with Gasteiger partial charge < -0.3 is 0 Å². The second kappa shape index (κ2) is 9.06. The van der Waals surface area contributed by atoms with E-state index in [4.69, 9.17) is 15.0 Å². The van der Waals surface area contributed by atoms with Crippen LogP contribution in [0.25, 0.3) is 81.5 Å². The molecule has 9 rings (SSSR count). The number of nitrogens with zero attached hydrogens (tertiary/aromatic N) is 4. The SMILES string of the molecule is c1ccc(-c2nc(-c3ccccc3)nc(-n3c4ccccc4c4c5c(ccc6c7ccccc7sc65)ccc43)n2)cc1. The van der Waals surface area contributed by atoms with Crippen molar-refractivity contribution in [3.8, 4) is 28.7 Å². The molecule has 0 N–H and O–H groups in total.